The Hall–Kier alpha value is -1.91. The van der Waals surface area contributed by atoms with Crippen molar-refractivity contribution in [1.29, 1.82) is 5.26 Å². The molecule has 0 aromatic heterocycles. The molecule has 0 aliphatic carbocycles. The Morgan fingerprint density at radius 1 is 1.50 bits per heavy atom. The number of nitrogens with zero attached hydrogens (tertiary/aromatic N) is 2. The van der Waals surface area contributed by atoms with Crippen molar-refractivity contribution in [1.82, 2.24) is 4.31 Å². The van der Waals surface area contributed by atoms with Crippen LogP contribution in [0.25, 0.3) is 0 Å². The van der Waals surface area contributed by atoms with Crippen LogP contribution in [0.4, 0.5) is 0 Å². The molecule has 7 heteroatoms. The molecule has 0 radical (unpaired) electrons. The van der Waals surface area contributed by atoms with Gasteiger partial charge in [-0.1, -0.05) is 13.0 Å². The molecule has 0 amide bonds. The molecule has 0 aliphatic heterocycles. The number of rotatable bonds is 5. The van der Waals surface area contributed by atoms with E-state index in [1.165, 1.54) is 24.3 Å². The third kappa shape index (κ3) is 3.06. The zero-order chi connectivity index (χ0) is 13.8. The molecule has 0 fully saturated rings. The first kappa shape index (κ1) is 14.2. The molecule has 1 N–H and O–H groups in total. The second-order valence-electron chi connectivity index (χ2n) is 3.46. The molecule has 18 heavy (non-hydrogen) atoms. The number of benzene rings is 1. The van der Waals surface area contributed by atoms with Crippen LogP contribution in [0.15, 0.2) is 29.2 Å². The molecule has 1 rings (SSSR count). The number of nitriles is 1. The van der Waals surface area contributed by atoms with Gasteiger partial charge in [0.2, 0.25) is 10.0 Å². The average Bonchev–Trinajstić information content (AvgIpc) is 2.35. The van der Waals surface area contributed by atoms with Crippen LogP contribution in [-0.4, -0.2) is 36.9 Å². The molecule has 1 aromatic rings. The van der Waals surface area contributed by atoms with Crippen LogP contribution in [0.1, 0.15) is 12.5 Å². The molecular weight excluding hydrogens is 256 g/mol. The summed E-state index contributed by atoms with van der Waals surface area (Å²) in [6.07, 6.45) is 0. The lowest BCUT2D eigenvalue weighted by molar-refractivity contribution is -0.137. The van der Waals surface area contributed by atoms with Crippen molar-refractivity contribution in [3.05, 3.63) is 29.8 Å². The minimum atomic E-state index is -3.88. The van der Waals surface area contributed by atoms with E-state index in [0.717, 1.165) is 4.31 Å². The van der Waals surface area contributed by atoms with Crippen LogP contribution >= 0.6 is 0 Å². The van der Waals surface area contributed by atoms with E-state index >= 15 is 0 Å². The fraction of sp³-hybridized carbons (Fsp3) is 0.273. The second-order valence-corrected chi connectivity index (χ2v) is 5.40. The van der Waals surface area contributed by atoms with Crippen molar-refractivity contribution in [3.63, 3.8) is 0 Å². The van der Waals surface area contributed by atoms with E-state index in [9.17, 15) is 13.2 Å². The zero-order valence-electron chi connectivity index (χ0n) is 9.70. The number of likely N-dealkylation sites (N-methyl/N-ethyl adjacent to an activating group) is 1. The Morgan fingerprint density at radius 2 is 2.17 bits per heavy atom. The van der Waals surface area contributed by atoms with Crippen molar-refractivity contribution in [2.24, 2.45) is 0 Å². The first-order chi connectivity index (χ1) is 8.41. The van der Waals surface area contributed by atoms with Gasteiger partial charge in [0.05, 0.1) is 16.5 Å². The van der Waals surface area contributed by atoms with Crippen LogP contribution in [0.2, 0.25) is 0 Å². The normalized spacial score (nSPS) is 11.2. The summed E-state index contributed by atoms with van der Waals surface area (Å²) in [6.45, 7) is 0.996. The number of aliphatic carboxylic acids is 1. The van der Waals surface area contributed by atoms with Gasteiger partial charge in [-0.3, -0.25) is 4.79 Å². The van der Waals surface area contributed by atoms with Gasteiger partial charge in [-0.05, 0) is 18.2 Å². The maximum absolute atomic E-state index is 12.1. The van der Waals surface area contributed by atoms with Crippen molar-refractivity contribution in [2.45, 2.75) is 11.8 Å². The quantitative estimate of drug-likeness (QED) is 0.845. The summed E-state index contributed by atoms with van der Waals surface area (Å²) in [5, 5.41) is 17.4. The molecule has 0 aliphatic rings. The van der Waals surface area contributed by atoms with Gasteiger partial charge < -0.3 is 5.11 Å². The van der Waals surface area contributed by atoms with Crippen LogP contribution < -0.4 is 0 Å². The third-order valence-electron chi connectivity index (χ3n) is 2.27. The summed E-state index contributed by atoms with van der Waals surface area (Å²) >= 11 is 0. The molecule has 6 nitrogen and oxygen atoms in total. The lowest BCUT2D eigenvalue weighted by Crippen LogP contribution is -2.35. The SMILES string of the molecule is CCN(CC(=O)O)S(=O)(=O)c1cccc(C#N)c1. The highest BCUT2D eigenvalue weighted by atomic mass is 32.2. The second kappa shape index (κ2) is 5.62. The predicted octanol–water partition coefficient (Wildman–Crippen LogP) is 0.653. The number of carboxylic acids is 1. The summed E-state index contributed by atoms with van der Waals surface area (Å²) < 4.78 is 25.1. The van der Waals surface area contributed by atoms with Gasteiger partial charge >= 0.3 is 5.97 Å². The number of sulfonamides is 1. The number of hydrogen-bond acceptors (Lipinski definition) is 4. The molecule has 0 heterocycles. The van der Waals surface area contributed by atoms with E-state index in [1.54, 1.807) is 6.92 Å². The molecular formula is C11H12N2O4S. The van der Waals surface area contributed by atoms with Gasteiger partial charge in [0.1, 0.15) is 6.54 Å². The molecule has 0 unspecified atom stereocenters. The van der Waals surface area contributed by atoms with Gasteiger partial charge in [-0.2, -0.15) is 9.57 Å². The third-order valence-corrected chi connectivity index (χ3v) is 4.18. The lowest BCUT2D eigenvalue weighted by atomic mass is 10.2. The summed E-state index contributed by atoms with van der Waals surface area (Å²) in [6, 6.07) is 7.32. The predicted molar refractivity (Wildman–Crippen MR) is 63.2 cm³/mol. The minimum absolute atomic E-state index is 0.0470. The van der Waals surface area contributed by atoms with Crippen LogP contribution in [0.3, 0.4) is 0 Å². The van der Waals surface area contributed by atoms with Gasteiger partial charge in [0, 0.05) is 6.54 Å². The highest BCUT2D eigenvalue weighted by Crippen LogP contribution is 2.16. The Kier molecular flexibility index (Phi) is 4.42. The van der Waals surface area contributed by atoms with Crippen LogP contribution in [0.5, 0.6) is 0 Å². The largest absolute Gasteiger partial charge is 0.480 e. The molecule has 0 bridgehead atoms. The maximum atomic E-state index is 12.1. The number of carbonyl (C=O) groups is 1. The molecule has 96 valence electrons. The van der Waals surface area contributed by atoms with Crippen LogP contribution in [0, 0.1) is 11.3 Å². The molecule has 0 atom stereocenters. The maximum Gasteiger partial charge on any atom is 0.318 e. The van der Waals surface area contributed by atoms with E-state index in [4.69, 9.17) is 10.4 Å². The summed E-state index contributed by atoms with van der Waals surface area (Å²) in [5.41, 5.74) is 0.211. The minimum Gasteiger partial charge on any atom is -0.480 e. The Labute approximate surface area is 105 Å². The summed E-state index contributed by atoms with van der Waals surface area (Å²) in [7, 11) is -3.88. The van der Waals surface area contributed by atoms with Gasteiger partial charge in [0.25, 0.3) is 0 Å². The lowest BCUT2D eigenvalue weighted by Gasteiger charge is -2.18. The standard InChI is InChI=1S/C11H12N2O4S/c1-2-13(8-11(14)15)18(16,17)10-5-3-4-9(6-10)7-12/h3-6H,2,8H2,1H3,(H,14,15). The highest BCUT2D eigenvalue weighted by Gasteiger charge is 2.25. The smallest absolute Gasteiger partial charge is 0.318 e. The van der Waals surface area contributed by atoms with E-state index in [2.05, 4.69) is 0 Å². The highest BCUT2D eigenvalue weighted by molar-refractivity contribution is 7.89. The van der Waals surface area contributed by atoms with Gasteiger partial charge in [-0.15, -0.1) is 0 Å². The molecule has 0 saturated carbocycles. The van der Waals surface area contributed by atoms with E-state index < -0.39 is 22.5 Å². The topological polar surface area (TPSA) is 98.5 Å². The number of carboxylic acid groups (broad SMARTS) is 1. The average molecular weight is 268 g/mol. The monoisotopic (exact) mass is 268 g/mol. The van der Waals surface area contributed by atoms with Crippen molar-refractivity contribution >= 4 is 16.0 Å². The Bertz CT molecular complexity index is 589. The van der Waals surface area contributed by atoms with Gasteiger partial charge in [-0.25, -0.2) is 8.42 Å². The fourth-order valence-electron chi connectivity index (χ4n) is 1.39. The molecule has 1 aromatic carbocycles. The van der Waals surface area contributed by atoms with Gasteiger partial charge in [0.15, 0.2) is 0 Å². The summed E-state index contributed by atoms with van der Waals surface area (Å²) in [4.78, 5) is 10.5. The van der Waals surface area contributed by atoms with E-state index in [1.807, 2.05) is 6.07 Å². The van der Waals surface area contributed by atoms with Crippen molar-refractivity contribution in [2.75, 3.05) is 13.1 Å². The first-order valence-corrected chi connectivity index (χ1v) is 6.58. The molecule has 0 saturated heterocycles. The zero-order valence-corrected chi connectivity index (χ0v) is 10.5. The van der Waals surface area contributed by atoms with Crippen molar-refractivity contribution < 1.29 is 18.3 Å². The Morgan fingerprint density at radius 3 is 2.67 bits per heavy atom. The molecule has 0 spiro atoms. The first-order valence-electron chi connectivity index (χ1n) is 5.14. The Balaban J connectivity index is 3.19. The van der Waals surface area contributed by atoms with E-state index in [-0.39, 0.29) is 17.0 Å². The summed E-state index contributed by atoms with van der Waals surface area (Å²) in [5.74, 6) is -1.23. The number of hydrogen-bond donors (Lipinski definition) is 1. The van der Waals surface area contributed by atoms with E-state index in [0.29, 0.717) is 0 Å². The van der Waals surface area contributed by atoms with Crippen LogP contribution in [-0.2, 0) is 14.8 Å². The van der Waals surface area contributed by atoms with Crippen molar-refractivity contribution in [3.8, 4) is 6.07 Å². The fourth-order valence-corrected chi connectivity index (χ4v) is 2.84.